The van der Waals surface area contributed by atoms with E-state index in [1.807, 2.05) is 24.3 Å². The Kier molecular flexibility index (Phi) is 8.65. The summed E-state index contributed by atoms with van der Waals surface area (Å²) in [5.74, 6) is 0.274. The van der Waals surface area contributed by atoms with Gasteiger partial charge in [0.2, 0.25) is 0 Å². The zero-order chi connectivity index (χ0) is 24.0. The first-order chi connectivity index (χ1) is 15.8. The summed E-state index contributed by atoms with van der Waals surface area (Å²) < 4.78 is 28.8. The van der Waals surface area contributed by atoms with E-state index in [1.54, 1.807) is 0 Å². The van der Waals surface area contributed by atoms with E-state index in [0.29, 0.717) is 24.3 Å². The minimum absolute atomic E-state index is 0.0483. The topological polar surface area (TPSA) is 75.7 Å². The highest BCUT2D eigenvalue weighted by atomic mass is 35.5. The number of rotatable bonds is 9. The van der Waals surface area contributed by atoms with Crippen LogP contribution in [0, 0.1) is 0 Å². The minimum atomic E-state index is -2.94. The molecule has 2 aromatic rings. The van der Waals surface area contributed by atoms with Crippen LogP contribution in [0.3, 0.4) is 0 Å². The van der Waals surface area contributed by atoms with E-state index < -0.39 is 9.84 Å². The third kappa shape index (κ3) is 6.64. The lowest BCUT2D eigenvalue weighted by Crippen LogP contribution is -2.41. The van der Waals surface area contributed by atoms with Crippen molar-refractivity contribution in [3.05, 3.63) is 53.1 Å². The number of anilines is 3. The molecule has 0 amide bonds. The lowest BCUT2D eigenvalue weighted by atomic mass is 9.92. The van der Waals surface area contributed by atoms with Gasteiger partial charge in [0.25, 0.3) is 0 Å². The highest BCUT2D eigenvalue weighted by molar-refractivity contribution is 7.91. The summed E-state index contributed by atoms with van der Waals surface area (Å²) >= 11 is 6.06. The molecule has 8 heteroatoms. The smallest absolute Gasteiger partial charge is 0.306 e. The van der Waals surface area contributed by atoms with Crippen LogP contribution in [0.25, 0.3) is 0 Å². The number of methoxy groups -OCH3 is 1. The van der Waals surface area contributed by atoms with Gasteiger partial charge in [0, 0.05) is 23.3 Å². The van der Waals surface area contributed by atoms with Gasteiger partial charge in [-0.3, -0.25) is 4.79 Å². The molecule has 6 nitrogen and oxygen atoms in total. The van der Waals surface area contributed by atoms with E-state index in [1.165, 1.54) is 7.11 Å². The van der Waals surface area contributed by atoms with E-state index in [9.17, 15) is 13.2 Å². The maximum absolute atomic E-state index is 12.0. The second kappa shape index (κ2) is 11.3. The first-order valence-corrected chi connectivity index (χ1v) is 13.7. The number of hydrogen-bond donors (Lipinski definition) is 1. The number of ether oxygens (including phenoxy) is 1. The summed E-state index contributed by atoms with van der Waals surface area (Å²) in [4.78, 5) is 14.2. The van der Waals surface area contributed by atoms with Crippen LogP contribution >= 0.6 is 11.6 Å². The molecule has 1 unspecified atom stereocenters. The molecule has 1 fully saturated rings. The summed E-state index contributed by atoms with van der Waals surface area (Å²) in [5, 5.41) is 4.19. The number of hydrogen-bond acceptors (Lipinski definition) is 6. The Morgan fingerprint density at radius 2 is 1.82 bits per heavy atom. The molecule has 2 aromatic carbocycles. The average molecular weight is 493 g/mol. The van der Waals surface area contributed by atoms with Crippen molar-refractivity contribution in [3.63, 3.8) is 0 Å². The van der Waals surface area contributed by atoms with E-state index in [-0.39, 0.29) is 29.4 Å². The van der Waals surface area contributed by atoms with Crippen molar-refractivity contribution in [2.45, 2.75) is 51.5 Å². The van der Waals surface area contributed by atoms with Crippen molar-refractivity contribution in [2.24, 2.45) is 0 Å². The van der Waals surface area contributed by atoms with Crippen LogP contribution in [0.5, 0.6) is 0 Å². The van der Waals surface area contributed by atoms with Crippen LogP contribution in [0.1, 0.15) is 51.0 Å². The molecular formula is C25H33ClN2O4S. The van der Waals surface area contributed by atoms with Crippen LogP contribution in [0.4, 0.5) is 17.1 Å². The molecule has 3 rings (SSSR count). The molecule has 0 saturated carbocycles. The summed E-state index contributed by atoms with van der Waals surface area (Å²) in [7, 11) is -1.52. The van der Waals surface area contributed by atoms with Gasteiger partial charge in [-0.15, -0.1) is 0 Å². The van der Waals surface area contributed by atoms with Gasteiger partial charge < -0.3 is 15.0 Å². The number of esters is 1. The maximum Gasteiger partial charge on any atom is 0.306 e. The normalized spacial score (nSPS) is 16.7. The SMILES string of the molecule is CCC(CC(=O)OC)c1ccc(N(CC)C2CCS(=O)(=O)CC2)c(Nc2ccc(Cl)cc2)c1. The van der Waals surface area contributed by atoms with Gasteiger partial charge in [0.15, 0.2) is 0 Å². The summed E-state index contributed by atoms with van der Waals surface area (Å²) in [5.41, 5.74) is 3.91. The zero-order valence-electron chi connectivity index (χ0n) is 19.5. The average Bonchev–Trinajstić information content (AvgIpc) is 2.81. The number of nitrogens with zero attached hydrogens (tertiary/aromatic N) is 1. The summed E-state index contributed by atoms with van der Waals surface area (Å²) in [6.45, 7) is 4.92. The first-order valence-electron chi connectivity index (χ1n) is 11.5. The largest absolute Gasteiger partial charge is 0.469 e. The predicted octanol–water partition coefficient (Wildman–Crippen LogP) is 5.54. The number of benzene rings is 2. The van der Waals surface area contributed by atoms with E-state index in [0.717, 1.165) is 35.6 Å². The fourth-order valence-corrected chi connectivity index (χ4v) is 6.04. The summed E-state index contributed by atoms with van der Waals surface area (Å²) in [6.07, 6.45) is 2.38. The molecule has 1 aliphatic heterocycles. The zero-order valence-corrected chi connectivity index (χ0v) is 21.1. The Morgan fingerprint density at radius 3 is 2.39 bits per heavy atom. The number of nitrogens with one attached hydrogen (secondary N) is 1. The van der Waals surface area contributed by atoms with Gasteiger partial charge in [-0.05, 0) is 74.1 Å². The highest BCUT2D eigenvalue weighted by Gasteiger charge is 2.29. The maximum atomic E-state index is 12.0. The molecular weight excluding hydrogens is 460 g/mol. The Morgan fingerprint density at radius 1 is 1.15 bits per heavy atom. The molecule has 0 spiro atoms. The van der Waals surface area contributed by atoms with Crippen LogP contribution in [0.15, 0.2) is 42.5 Å². The molecule has 1 atom stereocenters. The molecule has 180 valence electrons. The predicted molar refractivity (Wildman–Crippen MR) is 136 cm³/mol. The number of carbonyl (C=O) groups excluding carboxylic acids is 1. The Labute approximate surface area is 202 Å². The van der Waals surface area contributed by atoms with Gasteiger partial charge in [-0.2, -0.15) is 0 Å². The van der Waals surface area contributed by atoms with E-state index >= 15 is 0 Å². The lowest BCUT2D eigenvalue weighted by molar-refractivity contribution is -0.141. The first kappa shape index (κ1) is 25.4. The van der Waals surface area contributed by atoms with Crippen molar-refractivity contribution in [2.75, 3.05) is 35.4 Å². The minimum Gasteiger partial charge on any atom is -0.469 e. The molecule has 1 N–H and O–H groups in total. The molecule has 0 aromatic heterocycles. The number of carbonyl (C=O) groups is 1. The molecule has 1 heterocycles. The van der Waals surface area contributed by atoms with Crippen LogP contribution in [-0.2, 0) is 19.4 Å². The van der Waals surface area contributed by atoms with Crippen LogP contribution in [-0.4, -0.2) is 45.6 Å². The van der Waals surface area contributed by atoms with Crippen molar-refractivity contribution in [1.82, 2.24) is 0 Å². The van der Waals surface area contributed by atoms with Crippen molar-refractivity contribution >= 4 is 44.5 Å². The molecule has 0 radical (unpaired) electrons. The highest BCUT2D eigenvalue weighted by Crippen LogP contribution is 2.37. The molecule has 1 aliphatic rings. The van der Waals surface area contributed by atoms with Crippen LogP contribution in [0.2, 0.25) is 5.02 Å². The van der Waals surface area contributed by atoms with Gasteiger partial charge in [-0.1, -0.05) is 24.6 Å². The van der Waals surface area contributed by atoms with Gasteiger partial charge in [0.05, 0.1) is 36.4 Å². The Bertz CT molecular complexity index is 1040. The second-order valence-electron chi connectivity index (χ2n) is 8.46. The monoisotopic (exact) mass is 492 g/mol. The van der Waals surface area contributed by atoms with Gasteiger partial charge >= 0.3 is 5.97 Å². The lowest BCUT2D eigenvalue weighted by Gasteiger charge is -2.36. The Hall–Kier alpha value is -2.25. The van der Waals surface area contributed by atoms with Crippen molar-refractivity contribution in [3.8, 4) is 0 Å². The quantitative estimate of drug-likeness (QED) is 0.463. The standard InChI is InChI=1S/C25H33ClN2O4S/c1-4-18(17-25(29)32-3)19-6-11-24(23(16-19)27-21-9-7-20(26)8-10-21)28(5-2)22-12-14-33(30,31)15-13-22/h6-11,16,18,22,27H,4-5,12-15,17H2,1-3H3. The second-order valence-corrected chi connectivity index (χ2v) is 11.2. The molecule has 0 bridgehead atoms. The number of halogens is 1. The fraction of sp³-hybridized carbons (Fsp3) is 0.480. The third-order valence-corrected chi connectivity index (χ3v) is 8.33. The number of sulfone groups is 1. The molecule has 33 heavy (non-hydrogen) atoms. The van der Waals surface area contributed by atoms with Gasteiger partial charge in [-0.25, -0.2) is 8.42 Å². The van der Waals surface area contributed by atoms with Crippen molar-refractivity contribution < 1.29 is 17.9 Å². The van der Waals surface area contributed by atoms with Crippen LogP contribution < -0.4 is 10.2 Å². The molecule has 1 saturated heterocycles. The summed E-state index contributed by atoms with van der Waals surface area (Å²) in [6, 6.07) is 13.9. The molecule has 0 aliphatic carbocycles. The van der Waals surface area contributed by atoms with E-state index in [2.05, 4.69) is 42.3 Å². The Balaban J connectivity index is 1.98. The van der Waals surface area contributed by atoms with Crippen molar-refractivity contribution in [1.29, 1.82) is 0 Å². The van der Waals surface area contributed by atoms with E-state index in [4.69, 9.17) is 16.3 Å². The fourth-order valence-electron chi connectivity index (χ4n) is 4.44. The third-order valence-electron chi connectivity index (χ3n) is 6.36. The van der Waals surface area contributed by atoms with Gasteiger partial charge in [0.1, 0.15) is 9.84 Å².